The average Bonchev–Trinajstić information content (AvgIpc) is 2.59. The summed E-state index contributed by atoms with van der Waals surface area (Å²) in [5.41, 5.74) is 2.63. The molecular weight excluding hydrogens is 368 g/mol. The van der Waals surface area contributed by atoms with Crippen molar-refractivity contribution < 1.29 is 22.7 Å². The molecule has 0 bridgehead atoms. The Labute approximate surface area is 159 Å². The van der Waals surface area contributed by atoms with E-state index in [-0.39, 0.29) is 10.6 Å². The fourth-order valence-corrected chi connectivity index (χ4v) is 3.85. The Kier molecular flexibility index (Phi) is 6.45. The molecule has 27 heavy (non-hydrogen) atoms. The minimum Gasteiger partial charge on any atom is -0.493 e. The third kappa shape index (κ3) is 5.21. The summed E-state index contributed by atoms with van der Waals surface area (Å²) in [4.78, 5) is 12.4. The molecule has 0 aliphatic carbocycles. The predicted molar refractivity (Wildman–Crippen MR) is 104 cm³/mol. The SMILES string of the molecule is COc1ccc(S(=O)(=O)N[C@H](C)C(=O)Nc2cc(C)cc(C)c2)cc1OC. The molecule has 0 unspecified atom stereocenters. The molecule has 0 radical (unpaired) electrons. The summed E-state index contributed by atoms with van der Waals surface area (Å²) in [5.74, 6) is 0.244. The molecule has 0 heterocycles. The number of ether oxygens (including phenoxy) is 2. The van der Waals surface area contributed by atoms with E-state index in [1.165, 1.54) is 39.3 Å². The maximum atomic E-state index is 12.6. The summed E-state index contributed by atoms with van der Waals surface area (Å²) in [6, 6.07) is 8.88. The van der Waals surface area contributed by atoms with Crippen LogP contribution in [0.25, 0.3) is 0 Å². The van der Waals surface area contributed by atoms with Crippen molar-refractivity contribution in [1.29, 1.82) is 0 Å². The van der Waals surface area contributed by atoms with Gasteiger partial charge >= 0.3 is 0 Å². The summed E-state index contributed by atoms with van der Waals surface area (Å²) < 4.78 is 37.8. The maximum Gasteiger partial charge on any atom is 0.242 e. The lowest BCUT2D eigenvalue weighted by Gasteiger charge is -2.16. The highest BCUT2D eigenvalue weighted by atomic mass is 32.2. The van der Waals surface area contributed by atoms with E-state index in [4.69, 9.17) is 9.47 Å². The number of carbonyl (C=O) groups is 1. The van der Waals surface area contributed by atoms with Crippen LogP contribution in [-0.2, 0) is 14.8 Å². The van der Waals surface area contributed by atoms with Gasteiger partial charge in [0.05, 0.1) is 25.2 Å². The zero-order valence-corrected chi connectivity index (χ0v) is 16.8. The summed E-state index contributed by atoms with van der Waals surface area (Å²) in [6.07, 6.45) is 0. The summed E-state index contributed by atoms with van der Waals surface area (Å²) in [6.45, 7) is 5.33. The quantitative estimate of drug-likeness (QED) is 0.755. The van der Waals surface area contributed by atoms with E-state index < -0.39 is 22.0 Å². The Morgan fingerprint density at radius 2 is 1.56 bits per heavy atom. The first-order chi connectivity index (χ1) is 12.7. The van der Waals surface area contributed by atoms with Gasteiger partial charge in [0, 0.05) is 11.8 Å². The standard InChI is InChI=1S/C19H24N2O5S/c1-12-8-13(2)10-15(9-12)20-19(22)14(3)21-27(23,24)16-6-7-17(25-4)18(11-16)26-5/h6-11,14,21H,1-5H3,(H,20,22)/t14-/m1/s1. The predicted octanol–water partition coefficient (Wildman–Crippen LogP) is 2.63. The van der Waals surface area contributed by atoms with Crippen molar-refractivity contribution in [3.05, 3.63) is 47.5 Å². The lowest BCUT2D eigenvalue weighted by atomic mass is 10.1. The number of methoxy groups -OCH3 is 2. The van der Waals surface area contributed by atoms with Gasteiger partial charge in [0.15, 0.2) is 11.5 Å². The number of anilines is 1. The van der Waals surface area contributed by atoms with Crippen LogP contribution in [0.5, 0.6) is 11.5 Å². The van der Waals surface area contributed by atoms with E-state index in [0.717, 1.165) is 11.1 Å². The molecule has 0 aliphatic heterocycles. The minimum atomic E-state index is -3.92. The van der Waals surface area contributed by atoms with Gasteiger partial charge in [-0.1, -0.05) is 6.07 Å². The molecular formula is C19H24N2O5S. The third-order valence-corrected chi connectivity index (χ3v) is 5.42. The second-order valence-corrected chi connectivity index (χ2v) is 7.94. The van der Waals surface area contributed by atoms with Crippen LogP contribution >= 0.6 is 0 Å². The van der Waals surface area contributed by atoms with Crippen molar-refractivity contribution in [3.63, 3.8) is 0 Å². The molecule has 2 rings (SSSR count). The topological polar surface area (TPSA) is 93.7 Å². The van der Waals surface area contributed by atoms with Crippen molar-refractivity contribution in [1.82, 2.24) is 4.72 Å². The van der Waals surface area contributed by atoms with Crippen molar-refractivity contribution in [2.45, 2.75) is 31.7 Å². The van der Waals surface area contributed by atoms with Gasteiger partial charge in [-0.15, -0.1) is 0 Å². The highest BCUT2D eigenvalue weighted by Gasteiger charge is 2.23. The maximum absolute atomic E-state index is 12.6. The van der Waals surface area contributed by atoms with Crippen molar-refractivity contribution in [2.24, 2.45) is 0 Å². The van der Waals surface area contributed by atoms with Gasteiger partial charge in [0.25, 0.3) is 0 Å². The lowest BCUT2D eigenvalue weighted by Crippen LogP contribution is -2.41. The Balaban J connectivity index is 2.15. The molecule has 0 saturated carbocycles. The molecule has 2 aromatic rings. The molecule has 2 aromatic carbocycles. The van der Waals surface area contributed by atoms with Crippen molar-refractivity contribution in [3.8, 4) is 11.5 Å². The molecule has 0 spiro atoms. The molecule has 8 heteroatoms. The number of nitrogens with one attached hydrogen (secondary N) is 2. The second kappa shape index (κ2) is 8.41. The first-order valence-electron chi connectivity index (χ1n) is 8.30. The Morgan fingerprint density at radius 1 is 0.963 bits per heavy atom. The first-order valence-corrected chi connectivity index (χ1v) is 9.78. The minimum absolute atomic E-state index is 0.0220. The Morgan fingerprint density at radius 3 is 2.11 bits per heavy atom. The van der Waals surface area contributed by atoms with Crippen LogP contribution in [0, 0.1) is 13.8 Å². The largest absolute Gasteiger partial charge is 0.493 e. The molecule has 7 nitrogen and oxygen atoms in total. The zero-order valence-electron chi connectivity index (χ0n) is 16.0. The van der Waals surface area contributed by atoms with E-state index in [1.54, 1.807) is 0 Å². The molecule has 1 amide bonds. The molecule has 2 N–H and O–H groups in total. The van der Waals surface area contributed by atoms with E-state index in [1.807, 2.05) is 32.0 Å². The summed E-state index contributed by atoms with van der Waals surface area (Å²) >= 11 is 0. The van der Waals surface area contributed by atoms with Gasteiger partial charge in [-0.2, -0.15) is 4.72 Å². The van der Waals surface area contributed by atoms with E-state index in [9.17, 15) is 13.2 Å². The van der Waals surface area contributed by atoms with Gasteiger partial charge < -0.3 is 14.8 Å². The number of rotatable bonds is 7. The molecule has 1 atom stereocenters. The van der Waals surface area contributed by atoms with Crippen LogP contribution in [0.15, 0.2) is 41.3 Å². The fourth-order valence-electron chi connectivity index (χ4n) is 2.64. The van der Waals surface area contributed by atoms with Crippen LogP contribution in [0.2, 0.25) is 0 Å². The highest BCUT2D eigenvalue weighted by Crippen LogP contribution is 2.29. The second-order valence-electron chi connectivity index (χ2n) is 6.23. The molecule has 0 fully saturated rings. The van der Waals surface area contributed by atoms with Crippen LogP contribution in [-0.4, -0.2) is 34.6 Å². The van der Waals surface area contributed by atoms with Crippen molar-refractivity contribution in [2.75, 3.05) is 19.5 Å². The smallest absolute Gasteiger partial charge is 0.242 e. The number of carbonyl (C=O) groups excluding carboxylic acids is 1. The fraction of sp³-hybridized carbons (Fsp3) is 0.316. The summed E-state index contributed by atoms with van der Waals surface area (Å²) in [5, 5.41) is 2.73. The van der Waals surface area contributed by atoms with Gasteiger partial charge in [-0.3, -0.25) is 4.79 Å². The van der Waals surface area contributed by atoms with Gasteiger partial charge in [-0.05, 0) is 56.2 Å². The molecule has 146 valence electrons. The average molecular weight is 392 g/mol. The number of aryl methyl sites for hydroxylation is 2. The van der Waals surface area contributed by atoms with E-state index >= 15 is 0 Å². The van der Waals surface area contributed by atoms with Gasteiger partial charge in [0.1, 0.15) is 0 Å². The number of hydrogen-bond acceptors (Lipinski definition) is 5. The zero-order chi connectivity index (χ0) is 20.2. The number of sulfonamides is 1. The van der Waals surface area contributed by atoms with Crippen LogP contribution in [0.1, 0.15) is 18.1 Å². The monoisotopic (exact) mass is 392 g/mol. The van der Waals surface area contributed by atoms with Crippen LogP contribution in [0.3, 0.4) is 0 Å². The highest BCUT2D eigenvalue weighted by molar-refractivity contribution is 7.89. The third-order valence-electron chi connectivity index (χ3n) is 3.88. The number of amides is 1. The molecule has 0 aliphatic rings. The van der Waals surface area contributed by atoms with E-state index in [2.05, 4.69) is 10.0 Å². The van der Waals surface area contributed by atoms with Crippen LogP contribution in [0.4, 0.5) is 5.69 Å². The van der Waals surface area contributed by atoms with Gasteiger partial charge in [-0.25, -0.2) is 8.42 Å². The van der Waals surface area contributed by atoms with Crippen molar-refractivity contribution >= 4 is 21.6 Å². The lowest BCUT2D eigenvalue weighted by molar-refractivity contribution is -0.117. The Bertz CT molecular complexity index is 921. The number of benzene rings is 2. The molecule has 0 aromatic heterocycles. The first kappa shape index (κ1) is 20.7. The van der Waals surface area contributed by atoms with Gasteiger partial charge in [0.2, 0.25) is 15.9 Å². The van der Waals surface area contributed by atoms with E-state index in [0.29, 0.717) is 11.4 Å². The normalized spacial score (nSPS) is 12.3. The summed E-state index contributed by atoms with van der Waals surface area (Å²) in [7, 11) is -1.04. The number of hydrogen-bond donors (Lipinski definition) is 2. The van der Waals surface area contributed by atoms with Crippen LogP contribution < -0.4 is 19.5 Å². The Hall–Kier alpha value is -2.58. The molecule has 0 saturated heterocycles.